The monoisotopic (exact) mass is 277 g/mol. The van der Waals surface area contributed by atoms with E-state index in [0.717, 1.165) is 12.8 Å². The lowest BCUT2D eigenvalue weighted by Gasteiger charge is -2.29. The van der Waals surface area contributed by atoms with Gasteiger partial charge in [0.1, 0.15) is 0 Å². The molecule has 1 aliphatic heterocycles. The molecule has 1 aliphatic carbocycles. The first-order chi connectivity index (χ1) is 9.54. The van der Waals surface area contributed by atoms with Gasteiger partial charge in [-0.2, -0.15) is 0 Å². The Kier molecular flexibility index (Phi) is 3.23. The molecule has 3 rings (SSSR count). The van der Waals surface area contributed by atoms with E-state index in [0.29, 0.717) is 42.6 Å². The molecule has 1 atom stereocenters. The average Bonchev–Trinajstić information content (AvgIpc) is 3.17. The van der Waals surface area contributed by atoms with Crippen molar-refractivity contribution in [2.24, 2.45) is 0 Å². The van der Waals surface area contributed by atoms with Gasteiger partial charge in [-0.05, 0) is 26.2 Å². The third kappa shape index (κ3) is 2.55. The zero-order valence-corrected chi connectivity index (χ0v) is 11.8. The molecule has 1 N–H and O–H groups in total. The molecular formula is C14H19N3O3. The summed E-state index contributed by atoms with van der Waals surface area (Å²) < 4.78 is 5.59. The van der Waals surface area contributed by atoms with Gasteiger partial charge in [-0.1, -0.05) is 0 Å². The van der Waals surface area contributed by atoms with E-state index in [1.165, 1.54) is 0 Å². The SMILES string of the molecule is Cc1nc(C2CC2)oc1C(=O)NC1CCC(=O)N(C)C1. The van der Waals surface area contributed by atoms with Gasteiger partial charge in [0.25, 0.3) is 5.91 Å². The summed E-state index contributed by atoms with van der Waals surface area (Å²) in [6.45, 7) is 2.34. The second kappa shape index (κ2) is 4.92. The lowest BCUT2D eigenvalue weighted by Crippen LogP contribution is -2.48. The van der Waals surface area contributed by atoms with Crippen LogP contribution in [0.15, 0.2) is 4.42 Å². The maximum atomic E-state index is 12.2. The Morgan fingerprint density at radius 1 is 1.40 bits per heavy atom. The summed E-state index contributed by atoms with van der Waals surface area (Å²) in [5, 5.41) is 2.93. The minimum absolute atomic E-state index is 0.0147. The molecule has 1 unspecified atom stereocenters. The second-order valence-electron chi connectivity index (χ2n) is 5.72. The van der Waals surface area contributed by atoms with Crippen molar-refractivity contribution in [3.63, 3.8) is 0 Å². The van der Waals surface area contributed by atoms with Gasteiger partial charge in [-0.25, -0.2) is 4.98 Å². The predicted molar refractivity (Wildman–Crippen MR) is 71.3 cm³/mol. The molecule has 0 radical (unpaired) electrons. The van der Waals surface area contributed by atoms with E-state index in [4.69, 9.17) is 4.42 Å². The second-order valence-corrected chi connectivity index (χ2v) is 5.72. The van der Waals surface area contributed by atoms with E-state index in [-0.39, 0.29) is 17.9 Å². The van der Waals surface area contributed by atoms with Crippen LogP contribution in [0, 0.1) is 6.92 Å². The normalized spacial score (nSPS) is 23.0. The van der Waals surface area contributed by atoms with Crippen molar-refractivity contribution < 1.29 is 14.0 Å². The van der Waals surface area contributed by atoms with Crippen LogP contribution >= 0.6 is 0 Å². The van der Waals surface area contributed by atoms with E-state index in [2.05, 4.69) is 10.3 Å². The average molecular weight is 277 g/mol. The molecule has 108 valence electrons. The fourth-order valence-electron chi connectivity index (χ4n) is 2.51. The van der Waals surface area contributed by atoms with Crippen molar-refractivity contribution in [3.8, 4) is 0 Å². The van der Waals surface area contributed by atoms with Crippen LogP contribution in [-0.2, 0) is 4.79 Å². The summed E-state index contributed by atoms with van der Waals surface area (Å²) in [5.41, 5.74) is 0.643. The van der Waals surface area contributed by atoms with Crippen LogP contribution in [0.2, 0.25) is 0 Å². The number of carbonyl (C=O) groups excluding carboxylic acids is 2. The Hall–Kier alpha value is -1.85. The first kappa shape index (κ1) is 13.1. The molecule has 1 saturated carbocycles. The molecular weight excluding hydrogens is 258 g/mol. The first-order valence-corrected chi connectivity index (χ1v) is 7.06. The number of likely N-dealkylation sites (tertiary alicyclic amines) is 1. The molecule has 1 aromatic heterocycles. The topological polar surface area (TPSA) is 75.4 Å². The summed E-state index contributed by atoms with van der Waals surface area (Å²) in [5.74, 6) is 1.29. The van der Waals surface area contributed by atoms with Crippen molar-refractivity contribution in [2.75, 3.05) is 13.6 Å². The summed E-state index contributed by atoms with van der Waals surface area (Å²) in [6, 6.07) is -0.0147. The van der Waals surface area contributed by atoms with Crippen molar-refractivity contribution in [3.05, 3.63) is 17.3 Å². The van der Waals surface area contributed by atoms with Gasteiger partial charge >= 0.3 is 0 Å². The Labute approximate surface area is 117 Å². The minimum atomic E-state index is -0.227. The minimum Gasteiger partial charge on any atom is -0.435 e. The zero-order valence-electron chi connectivity index (χ0n) is 11.8. The molecule has 1 saturated heterocycles. The van der Waals surface area contributed by atoms with E-state index in [1.807, 2.05) is 0 Å². The van der Waals surface area contributed by atoms with Gasteiger partial charge in [0.05, 0.1) is 5.69 Å². The number of piperidine rings is 1. The van der Waals surface area contributed by atoms with Gasteiger partial charge < -0.3 is 14.6 Å². The van der Waals surface area contributed by atoms with E-state index >= 15 is 0 Å². The summed E-state index contributed by atoms with van der Waals surface area (Å²) >= 11 is 0. The smallest absolute Gasteiger partial charge is 0.289 e. The van der Waals surface area contributed by atoms with Crippen LogP contribution in [0.25, 0.3) is 0 Å². The van der Waals surface area contributed by atoms with Crippen LogP contribution in [0.3, 0.4) is 0 Å². The van der Waals surface area contributed by atoms with Crippen molar-refractivity contribution >= 4 is 11.8 Å². The standard InChI is InChI=1S/C14H19N3O3/c1-8-12(20-14(15-8)9-3-4-9)13(19)16-10-5-6-11(18)17(2)7-10/h9-10H,3-7H2,1-2H3,(H,16,19). The van der Waals surface area contributed by atoms with Gasteiger partial charge in [0.15, 0.2) is 5.89 Å². The molecule has 1 aromatic rings. The number of oxazole rings is 1. The van der Waals surface area contributed by atoms with E-state index in [9.17, 15) is 9.59 Å². The van der Waals surface area contributed by atoms with E-state index < -0.39 is 0 Å². The quantitative estimate of drug-likeness (QED) is 0.901. The Morgan fingerprint density at radius 3 is 2.80 bits per heavy atom. The highest BCUT2D eigenvalue weighted by Gasteiger charge is 2.32. The number of aromatic nitrogens is 1. The van der Waals surface area contributed by atoms with Gasteiger partial charge in [-0.15, -0.1) is 0 Å². The molecule has 2 fully saturated rings. The molecule has 6 heteroatoms. The third-order valence-electron chi connectivity index (χ3n) is 3.91. The fraction of sp³-hybridized carbons (Fsp3) is 0.643. The number of hydrogen-bond donors (Lipinski definition) is 1. The number of carbonyl (C=O) groups is 2. The van der Waals surface area contributed by atoms with Crippen LogP contribution < -0.4 is 5.32 Å². The largest absolute Gasteiger partial charge is 0.435 e. The highest BCUT2D eigenvalue weighted by atomic mass is 16.4. The lowest BCUT2D eigenvalue weighted by atomic mass is 10.1. The third-order valence-corrected chi connectivity index (χ3v) is 3.91. The number of nitrogens with one attached hydrogen (secondary N) is 1. The highest BCUT2D eigenvalue weighted by molar-refractivity contribution is 5.92. The Balaban J connectivity index is 1.65. The number of likely N-dealkylation sites (N-methyl/N-ethyl adjacent to an activating group) is 1. The zero-order chi connectivity index (χ0) is 14.3. The molecule has 0 aromatic carbocycles. The van der Waals surface area contributed by atoms with Crippen molar-refractivity contribution in [1.82, 2.24) is 15.2 Å². The van der Waals surface area contributed by atoms with Crippen LogP contribution in [0.5, 0.6) is 0 Å². The molecule has 2 amide bonds. The van der Waals surface area contributed by atoms with Crippen molar-refractivity contribution in [2.45, 2.75) is 44.6 Å². The predicted octanol–water partition coefficient (Wildman–Crippen LogP) is 1.21. The van der Waals surface area contributed by atoms with Gasteiger partial charge in [0, 0.05) is 32.0 Å². The molecule has 6 nitrogen and oxygen atoms in total. The molecule has 0 bridgehead atoms. The Bertz CT molecular complexity index is 548. The Morgan fingerprint density at radius 2 is 2.15 bits per heavy atom. The molecule has 0 spiro atoms. The maximum absolute atomic E-state index is 12.2. The lowest BCUT2D eigenvalue weighted by molar-refractivity contribution is -0.132. The summed E-state index contributed by atoms with van der Waals surface area (Å²) in [4.78, 5) is 29.6. The maximum Gasteiger partial charge on any atom is 0.289 e. The number of amides is 2. The number of rotatable bonds is 3. The summed E-state index contributed by atoms with van der Waals surface area (Å²) in [6.07, 6.45) is 3.34. The number of nitrogens with zero attached hydrogens (tertiary/aromatic N) is 2. The van der Waals surface area contributed by atoms with Crippen molar-refractivity contribution in [1.29, 1.82) is 0 Å². The highest BCUT2D eigenvalue weighted by Crippen LogP contribution is 2.40. The van der Waals surface area contributed by atoms with E-state index in [1.54, 1.807) is 18.9 Å². The van der Waals surface area contributed by atoms with Crippen LogP contribution in [0.4, 0.5) is 0 Å². The number of aryl methyl sites for hydroxylation is 1. The van der Waals surface area contributed by atoms with Gasteiger partial charge in [-0.3, -0.25) is 9.59 Å². The van der Waals surface area contributed by atoms with Crippen LogP contribution in [-0.4, -0.2) is 41.3 Å². The molecule has 2 aliphatic rings. The first-order valence-electron chi connectivity index (χ1n) is 7.06. The fourth-order valence-corrected chi connectivity index (χ4v) is 2.51. The molecule has 2 heterocycles. The van der Waals surface area contributed by atoms with Crippen LogP contribution in [0.1, 0.15) is 53.7 Å². The molecule has 20 heavy (non-hydrogen) atoms. The number of hydrogen-bond acceptors (Lipinski definition) is 4. The summed E-state index contributed by atoms with van der Waals surface area (Å²) in [7, 11) is 1.76. The van der Waals surface area contributed by atoms with Gasteiger partial charge in [0.2, 0.25) is 11.7 Å².